The Bertz CT molecular complexity index is 993. The first kappa shape index (κ1) is 20.1. The topological polar surface area (TPSA) is 63.4 Å². The van der Waals surface area contributed by atoms with Crippen molar-refractivity contribution in [3.05, 3.63) is 84.1 Å². The highest BCUT2D eigenvalue weighted by Crippen LogP contribution is 2.29. The van der Waals surface area contributed by atoms with E-state index in [4.69, 9.17) is 10.5 Å². The third-order valence-corrected chi connectivity index (χ3v) is 5.35. The largest absolute Gasteiger partial charge is 0.397 e. The van der Waals surface area contributed by atoms with E-state index in [0.717, 1.165) is 61.1 Å². The van der Waals surface area contributed by atoms with Gasteiger partial charge in [0.05, 0.1) is 30.3 Å². The van der Waals surface area contributed by atoms with Gasteiger partial charge in [0.2, 0.25) is 0 Å². The molecule has 154 valence electrons. The van der Waals surface area contributed by atoms with E-state index in [-0.39, 0.29) is 0 Å². The zero-order valence-corrected chi connectivity index (χ0v) is 17.3. The zero-order valence-electron chi connectivity index (χ0n) is 17.3. The van der Waals surface area contributed by atoms with Crippen molar-refractivity contribution in [2.75, 3.05) is 37.4 Å². The van der Waals surface area contributed by atoms with Gasteiger partial charge < -0.3 is 15.8 Å². The first-order chi connectivity index (χ1) is 14.7. The van der Waals surface area contributed by atoms with Gasteiger partial charge in [-0.25, -0.2) is 0 Å². The number of rotatable bonds is 6. The molecule has 1 aliphatic heterocycles. The normalized spacial score (nSPS) is 15.2. The molecule has 0 bridgehead atoms. The van der Waals surface area contributed by atoms with Gasteiger partial charge >= 0.3 is 0 Å². The van der Waals surface area contributed by atoms with Gasteiger partial charge in [-0.2, -0.15) is 0 Å². The van der Waals surface area contributed by atoms with E-state index < -0.39 is 0 Å². The van der Waals surface area contributed by atoms with Crippen molar-refractivity contribution in [3.63, 3.8) is 0 Å². The van der Waals surface area contributed by atoms with Gasteiger partial charge in [-0.3, -0.25) is 9.88 Å². The summed E-state index contributed by atoms with van der Waals surface area (Å²) < 4.78 is 5.43. The molecule has 1 fully saturated rings. The Morgan fingerprint density at radius 3 is 2.60 bits per heavy atom. The predicted molar refractivity (Wildman–Crippen MR) is 124 cm³/mol. The lowest BCUT2D eigenvalue weighted by molar-refractivity contribution is 0.0342. The van der Waals surface area contributed by atoms with Gasteiger partial charge in [0, 0.05) is 37.1 Å². The molecule has 1 saturated heterocycles. The first-order valence-corrected chi connectivity index (χ1v) is 10.4. The summed E-state index contributed by atoms with van der Waals surface area (Å²) in [5.74, 6) is 0. The standard InChI is InChI=1S/C25H28N4O/c1-2-23(20-8-6-19(7-9-20)18-29-13-15-30-16-14-29)28-25-17-21(10-11-22(25)26)24-5-3-4-12-27-24/h2-12,17,28H,13-16,18,26H2,1H3/b23-2-. The monoisotopic (exact) mass is 400 g/mol. The number of nitrogens with zero attached hydrogens (tertiary/aromatic N) is 2. The number of hydrogen-bond donors (Lipinski definition) is 2. The minimum absolute atomic E-state index is 0.706. The Balaban J connectivity index is 1.49. The molecule has 0 aliphatic carbocycles. The summed E-state index contributed by atoms with van der Waals surface area (Å²) in [5, 5.41) is 3.51. The van der Waals surface area contributed by atoms with Crippen LogP contribution >= 0.6 is 0 Å². The Labute approximate surface area is 178 Å². The molecule has 1 aromatic heterocycles. The van der Waals surface area contributed by atoms with Crippen molar-refractivity contribution in [1.29, 1.82) is 0 Å². The summed E-state index contributed by atoms with van der Waals surface area (Å²) in [6.45, 7) is 6.63. The Kier molecular flexibility index (Phi) is 6.42. The molecule has 1 aliphatic rings. The molecule has 3 N–H and O–H groups in total. The Morgan fingerprint density at radius 1 is 1.10 bits per heavy atom. The molecule has 0 unspecified atom stereocenters. The molecule has 3 aromatic rings. The number of pyridine rings is 1. The molecule has 0 spiro atoms. The van der Waals surface area contributed by atoms with Crippen LogP contribution in [0.4, 0.5) is 11.4 Å². The summed E-state index contributed by atoms with van der Waals surface area (Å²) in [7, 11) is 0. The number of benzene rings is 2. The Morgan fingerprint density at radius 2 is 1.90 bits per heavy atom. The lowest BCUT2D eigenvalue weighted by Gasteiger charge is -2.26. The number of nitrogens with one attached hydrogen (secondary N) is 1. The minimum Gasteiger partial charge on any atom is -0.397 e. The maximum absolute atomic E-state index is 6.25. The van der Waals surface area contributed by atoms with Crippen molar-refractivity contribution in [2.45, 2.75) is 13.5 Å². The van der Waals surface area contributed by atoms with Crippen LogP contribution in [0.1, 0.15) is 18.1 Å². The van der Waals surface area contributed by atoms with Crippen LogP contribution in [0.15, 0.2) is 72.9 Å². The third kappa shape index (κ3) is 4.87. The molecule has 4 rings (SSSR count). The molecule has 0 amide bonds. The second-order valence-electron chi connectivity index (χ2n) is 7.43. The van der Waals surface area contributed by atoms with E-state index in [2.05, 4.69) is 45.5 Å². The number of ether oxygens (including phenoxy) is 1. The third-order valence-electron chi connectivity index (χ3n) is 5.35. The fourth-order valence-electron chi connectivity index (χ4n) is 3.62. The zero-order chi connectivity index (χ0) is 20.8. The number of nitrogen functional groups attached to an aromatic ring is 1. The van der Waals surface area contributed by atoms with Crippen molar-refractivity contribution in [2.24, 2.45) is 0 Å². The summed E-state index contributed by atoms with van der Waals surface area (Å²) in [6.07, 6.45) is 3.87. The average molecular weight is 401 g/mol. The van der Waals surface area contributed by atoms with E-state index in [1.807, 2.05) is 43.3 Å². The van der Waals surface area contributed by atoms with E-state index >= 15 is 0 Å². The highest BCUT2D eigenvalue weighted by Gasteiger charge is 2.11. The van der Waals surface area contributed by atoms with Crippen molar-refractivity contribution < 1.29 is 4.74 Å². The van der Waals surface area contributed by atoms with Gasteiger partial charge in [0.15, 0.2) is 0 Å². The van der Waals surface area contributed by atoms with E-state index in [1.165, 1.54) is 5.56 Å². The van der Waals surface area contributed by atoms with Crippen LogP contribution < -0.4 is 11.1 Å². The highest BCUT2D eigenvalue weighted by atomic mass is 16.5. The molecular formula is C25H28N4O. The number of nitrogens with two attached hydrogens (primary N) is 1. The lowest BCUT2D eigenvalue weighted by atomic mass is 10.1. The van der Waals surface area contributed by atoms with Crippen molar-refractivity contribution in [3.8, 4) is 11.3 Å². The van der Waals surface area contributed by atoms with Crippen LogP contribution in [-0.4, -0.2) is 36.2 Å². The molecule has 0 atom stereocenters. The molecule has 0 radical (unpaired) electrons. The van der Waals surface area contributed by atoms with E-state index in [0.29, 0.717) is 5.69 Å². The second-order valence-corrected chi connectivity index (χ2v) is 7.43. The van der Waals surface area contributed by atoms with E-state index in [9.17, 15) is 0 Å². The second kappa shape index (κ2) is 9.57. The maximum atomic E-state index is 6.25. The van der Waals surface area contributed by atoms with Gasteiger partial charge in [-0.05, 0) is 42.3 Å². The summed E-state index contributed by atoms with van der Waals surface area (Å²) in [5.41, 5.74) is 13.3. The average Bonchev–Trinajstić information content (AvgIpc) is 2.80. The van der Waals surface area contributed by atoms with Crippen LogP contribution in [0.25, 0.3) is 17.0 Å². The number of anilines is 2. The van der Waals surface area contributed by atoms with Crippen LogP contribution in [0.5, 0.6) is 0 Å². The molecule has 2 heterocycles. The van der Waals surface area contributed by atoms with Gasteiger partial charge in [0.1, 0.15) is 0 Å². The van der Waals surface area contributed by atoms with Gasteiger partial charge in [-0.1, -0.05) is 42.5 Å². The molecule has 5 nitrogen and oxygen atoms in total. The smallest absolute Gasteiger partial charge is 0.0702 e. The number of allylic oxidation sites excluding steroid dienone is 1. The van der Waals surface area contributed by atoms with E-state index in [1.54, 1.807) is 6.20 Å². The fraction of sp³-hybridized carbons (Fsp3) is 0.240. The van der Waals surface area contributed by atoms with Crippen LogP contribution in [-0.2, 0) is 11.3 Å². The summed E-state index contributed by atoms with van der Waals surface area (Å²) in [4.78, 5) is 6.87. The van der Waals surface area contributed by atoms with Crippen LogP contribution in [0, 0.1) is 0 Å². The number of hydrogen-bond acceptors (Lipinski definition) is 5. The molecule has 2 aromatic carbocycles. The lowest BCUT2D eigenvalue weighted by Crippen LogP contribution is -2.35. The van der Waals surface area contributed by atoms with Crippen LogP contribution in [0.3, 0.4) is 0 Å². The van der Waals surface area contributed by atoms with Crippen LogP contribution in [0.2, 0.25) is 0 Å². The molecule has 30 heavy (non-hydrogen) atoms. The highest BCUT2D eigenvalue weighted by molar-refractivity contribution is 5.84. The number of aromatic nitrogens is 1. The SMILES string of the molecule is C/C=C(\Nc1cc(-c2ccccn2)ccc1N)c1ccc(CN2CCOCC2)cc1. The quantitative estimate of drug-likeness (QED) is 0.591. The van der Waals surface area contributed by atoms with Crippen molar-refractivity contribution >= 4 is 17.1 Å². The predicted octanol–water partition coefficient (Wildman–Crippen LogP) is 4.64. The molecular weight excluding hydrogens is 372 g/mol. The minimum atomic E-state index is 0.706. The maximum Gasteiger partial charge on any atom is 0.0702 e. The summed E-state index contributed by atoms with van der Waals surface area (Å²) >= 11 is 0. The molecule has 0 saturated carbocycles. The fourth-order valence-corrected chi connectivity index (χ4v) is 3.62. The molecule has 5 heteroatoms. The number of morpholine rings is 1. The Hall–Kier alpha value is -3.15. The van der Waals surface area contributed by atoms with Crippen molar-refractivity contribution in [1.82, 2.24) is 9.88 Å². The van der Waals surface area contributed by atoms with Gasteiger partial charge in [0.25, 0.3) is 0 Å². The van der Waals surface area contributed by atoms with Gasteiger partial charge in [-0.15, -0.1) is 0 Å². The first-order valence-electron chi connectivity index (χ1n) is 10.4. The summed E-state index contributed by atoms with van der Waals surface area (Å²) in [6, 6.07) is 20.6.